The molecule has 2 aromatic rings. The number of carbonyl (C=O) groups is 3. The quantitative estimate of drug-likeness (QED) is 0.554. The van der Waals surface area contributed by atoms with E-state index in [1.165, 1.54) is 0 Å². The monoisotopic (exact) mass is 464 g/mol. The van der Waals surface area contributed by atoms with Crippen molar-refractivity contribution in [1.29, 1.82) is 0 Å². The molecule has 8 nitrogen and oxygen atoms in total. The largest absolute Gasteiger partial charge is 0.480 e. The van der Waals surface area contributed by atoms with Crippen molar-refractivity contribution >= 4 is 18.0 Å². The lowest BCUT2D eigenvalue weighted by Crippen LogP contribution is -2.49. The van der Waals surface area contributed by atoms with Gasteiger partial charge in [0.25, 0.3) is 0 Å². The molecule has 2 fully saturated rings. The van der Waals surface area contributed by atoms with Gasteiger partial charge in [0.2, 0.25) is 5.91 Å². The molecule has 1 heterocycles. The van der Waals surface area contributed by atoms with Crippen molar-refractivity contribution in [2.24, 2.45) is 11.8 Å². The van der Waals surface area contributed by atoms with Crippen LogP contribution in [0.5, 0.6) is 0 Å². The molecule has 1 aliphatic heterocycles. The molecule has 2 aromatic carbocycles. The number of aliphatic carboxylic acids is 1. The summed E-state index contributed by atoms with van der Waals surface area (Å²) in [5, 5.41) is 14.7. The van der Waals surface area contributed by atoms with E-state index in [-0.39, 0.29) is 30.9 Å². The van der Waals surface area contributed by atoms with Crippen molar-refractivity contribution < 1.29 is 29.0 Å². The molecule has 8 heteroatoms. The third-order valence-electron chi connectivity index (χ3n) is 6.98. The third kappa shape index (κ3) is 4.50. The Balaban J connectivity index is 1.14. The van der Waals surface area contributed by atoms with Crippen LogP contribution in [0, 0.1) is 11.8 Å². The first kappa shape index (κ1) is 22.4. The van der Waals surface area contributed by atoms with E-state index in [4.69, 9.17) is 9.47 Å². The topological polar surface area (TPSA) is 114 Å². The Morgan fingerprint density at radius 2 is 1.65 bits per heavy atom. The molecular formula is C26H28N2O6. The normalized spacial score (nSPS) is 21.9. The highest BCUT2D eigenvalue weighted by atomic mass is 16.5. The molecule has 0 radical (unpaired) electrons. The molecule has 5 rings (SSSR count). The van der Waals surface area contributed by atoms with Gasteiger partial charge in [0.15, 0.2) is 0 Å². The van der Waals surface area contributed by atoms with Gasteiger partial charge in [-0.25, -0.2) is 9.59 Å². The van der Waals surface area contributed by atoms with Gasteiger partial charge in [-0.3, -0.25) is 4.79 Å². The van der Waals surface area contributed by atoms with E-state index in [9.17, 15) is 19.5 Å². The number of carboxylic acid groups (broad SMARTS) is 1. The highest BCUT2D eigenvalue weighted by Gasteiger charge is 2.41. The van der Waals surface area contributed by atoms with Crippen molar-refractivity contribution in [3.63, 3.8) is 0 Å². The molecule has 1 unspecified atom stereocenters. The Bertz CT molecular complexity index is 1050. The number of carbonyl (C=O) groups excluding carboxylic acids is 2. The number of nitrogens with one attached hydrogen (secondary N) is 2. The number of carboxylic acids is 1. The van der Waals surface area contributed by atoms with Crippen LogP contribution in [0.2, 0.25) is 0 Å². The Morgan fingerprint density at radius 3 is 2.26 bits per heavy atom. The summed E-state index contributed by atoms with van der Waals surface area (Å²) in [7, 11) is 0. The predicted octanol–water partition coefficient (Wildman–Crippen LogP) is 2.91. The predicted molar refractivity (Wildman–Crippen MR) is 123 cm³/mol. The van der Waals surface area contributed by atoms with Gasteiger partial charge in [0.05, 0.1) is 0 Å². The first-order chi connectivity index (χ1) is 16.5. The molecular weight excluding hydrogens is 436 g/mol. The second kappa shape index (κ2) is 9.46. The number of amides is 2. The maximum atomic E-state index is 12.6. The number of alkyl carbamates (subject to hydrolysis) is 1. The average Bonchev–Trinajstić information content (AvgIpc) is 3.48. The Kier molecular flexibility index (Phi) is 6.24. The molecule has 1 saturated heterocycles. The lowest BCUT2D eigenvalue weighted by atomic mass is 9.98. The van der Waals surface area contributed by atoms with Gasteiger partial charge in [-0.2, -0.15) is 0 Å². The summed E-state index contributed by atoms with van der Waals surface area (Å²) in [4.78, 5) is 36.5. The van der Waals surface area contributed by atoms with Gasteiger partial charge >= 0.3 is 12.1 Å². The van der Waals surface area contributed by atoms with E-state index < -0.39 is 30.1 Å². The molecule has 1 saturated carbocycles. The van der Waals surface area contributed by atoms with Crippen LogP contribution in [-0.4, -0.2) is 55.0 Å². The van der Waals surface area contributed by atoms with E-state index >= 15 is 0 Å². The van der Waals surface area contributed by atoms with E-state index in [0.29, 0.717) is 13.0 Å². The molecule has 3 aliphatic rings. The van der Waals surface area contributed by atoms with E-state index in [2.05, 4.69) is 34.9 Å². The van der Waals surface area contributed by atoms with E-state index in [1.807, 2.05) is 24.3 Å². The Hall–Kier alpha value is -3.39. The lowest BCUT2D eigenvalue weighted by molar-refractivity contribution is -0.144. The fourth-order valence-electron chi connectivity index (χ4n) is 5.04. The SMILES string of the molecule is O=C(NC[C@@H]1CCO[C@@H]1C(=O)NC(C(=O)O)C1CC1)OCC1c2ccccc2-c2ccccc21. The average molecular weight is 465 g/mol. The first-order valence-electron chi connectivity index (χ1n) is 11.8. The fourth-order valence-corrected chi connectivity index (χ4v) is 5.04. The third-order valence-corrected chi connectivity index (χ3v) is 6.98. The van der Waals surface area contributed by atoms with Crippen LogP contribution in [0.4, 0.5) is 4.79 Å². The standard InChI is InChI=1S/C26H28N2O6/c29-24(28-22(25(30)31)15-9-10-15)23-16(11-12-33-23)13-27-26(32)34-14-21-19-7-3-1-5-17(19)18-6-2-4-8-20(18)21/h1-8,15-16,21-23H,9-14H2,(H,27,32)(H,28,29)(H,30,31)/t16-,22?,23-/m0/s1. The number of benzene rings is 2. The molecule has 34 heavy (non-hydrogen) atoms. The summed E-state index contributed by atoms with van der Waals surface area (Å²) in [5.74, 6) is -1.74. The number of rotatable bonds is 8. The second-order valence-corrected chi connectivity index (χ2v) is 9.21. The van der Waals surface area contributed by atoms with Gasteiger partial charge in [-0.1, -0.05) is 48.5 Å². The molecule has 2 aliphatic carbocycles. The molecule has 178 valence electrons. The minimum absolute atomic E-state index is 0.0137. The van der Waals surface area contributed by atoms with Crippen LogP contribution >= 0.6 is 0 Å². The zero-order chi connectivity index (χ0) is 23.7. The van der Waals surface area contributed by atoms with Gasteiger partial charge in [-0.05, 0) is 47.4 Å². The van der Waals surface area contributed by atoms with Crippen LogP contribution < -0.4 is 10.6 Å². The first-order valence-corrected chi connectivity index (χ1v) is 11.8. The molecule has 3 N–H and O–H groups in total. The smallest absolute Gasteiger partial charge is 0.407 e. The summed E-state index contributed by atoms with van der Waals surface area (Å²) in [6.45, 7) is 0.818. The lowest BCUT2D eigenvalue weighted by Gasteiger charge is -2.21. The van der Waals surface area contributed by atoms with Crippen molar-refractivity contribution in [2.45, 2.75) is 37.3 Å². The van der Waals surface area contributed by atoms with Gasteiger partial charge in [-0.15, -0.1) is 0 Å². The van der Waals surface area contributed by atoms with Crippen molar-refractivity contribution in [1.82, 2.24) is 10.6 Å². The van der Waals surface area contributed by atoms with E-state index in [0.717, 1.165) is 35.1 Å². The van der Waals surface area contributed by atoms with Gasteiger partial charge in [0, 0.05) is 25.0 Å². The number of hydrogen-bond acceptors (Lipinski definition) is 5. The summed E-state index contributed by atoms with van der Waals surface area (Å²) >= 11 is 0. The molecule has 0 aromatic heterocycles. The minimum Gasteiger partial charge on any atom is -0.480 e. The van der Waals surface area contributed by atoms with Crippen LogP contribution in [0.15, 0.2) is 48.5 Å². The highest BCUT2D eigenvalue weighted by molar-refractivity contribution is 5.87. The van der Waals surface area contributed by atoms with Crippen LogP contribution in [0.1, 0.15) is 36.3 Å². The number of fused-ring (bicyclic) bond motifs is 3. The number of ether oxygens (including phenoxy) is 2. The Morgan fingerprint density at radius 1 is 1.00 bits per heavy atom. The summed E-state index contributed by atoms with van der Waals surface area (Å²) in [6, 6.07) is 15.4. The maximum Gasteiger partial charge on any atom is 0.407 e. The number of hydrogen-bond donors (Lipinski definition) is 3. The van der Waals surface area contributed by atoms with Crippen molar-refractivity contribution in [3.05, 3.63) is 59.7 Å². The van der Waals surface area contributed by atoms with Gasteiger partial charge in [0.1, 0.15) is 18.8 Å². The fraction of sp³-hybridized carbons (Fsp3) is 0.423. The highest BCUT2D eigenvalue weighted by Crippen LogP contribution is 2.44. The molecule has 0 bridgehead atoms. The van der Waals surface area contributed by atoms with Crippen LogP contribution in [-0.2, 0) is 19.1 Å². The molecule has 0 spiro atoms. The van der Waals surface area contributed by atoms with Crippen LogP contribution in [0.3, 0.4) is 0 Å². The Labute approximate surface area is 197 Å². The van der Waals surface area contributed by atoms with Crippen LogP contribution in [0.25, 0.3) is 11.1 Å². The molecule has 3 atom stereocenters. The summed E-state index contributed by atoms with van der Waals surface area (Å²) < 4.78 is 11.1. The zero-order valence-corrected chi connectivity index (χ0v) is 18.7. The summed E-state index contributed by atoms with van der Waals surface area (Å²) in [5.41, 5.74) is 4.60. The van der Waals surface area contributed by atoms with Gasteiger partial charge < -0.3 is 25.2 Å². The molecule has 2 amide bonds. The minimum atomic E-state index is -1.03. The van der Waals surface area contributed by atoms with E-state index in [1.54, 1.807) is 0 Å². The summed E-state index contributed by atoms with van der Waals surface area (Å²) in [6.07, 6.45) is 0.873. The van der Waals surface area contributed by atoms with Crippen molar-refractivity contribution in [2.75, 3.05) is 19.8 Å². The zero-order valence-electron chi connectivity index (χ0n) is 18.7. The van der Waals surface area contributed by atoms with Crippen molar-refractivity contribution in [3.8, 4) is 11.1 Å². The second-order valence-electron chi connectivity index (χ2n) is 9.21. The maximum absolute atomic E-state index is 12.6.